The molecule has 1 aliphatic heterocycles. The van der Waals surface area contributed by atoms with Crippen LogP contribution in [-0.4, -0.2) is 19.1 Å². The van der Waals surface area contributed by atoms with Crippen LogP contribution in [0.4, 0.5) is 8.78 Å². The lowest BCUT2D eigenvalue weighted by Crippen LogP contribution is -2.38. The van der Waals surface area contributed by atoms with Crippen LogP contribution in [-0.2, 0) is 9.53 Å². The van der Waals surface area contributed by atoms with E-state index in [9.17, 15) is 13.6 Å². The number of ether oxygens (including phenoxy) is 1. The van der Waals surface area contributed by atoms with Gasteiger partial charge >= 0.3 is 0 Å². The predicted molar refractivity (Wildman–Crippen MR) is 48.1 cm³/mol. The Balaban J connectivity index is 2.19. The van der Waals surface area contributed by atoms with E-state index in [-0.39, 0.29) is 24.6 Å². The van der Waals surface area contributed by atoms with E-state index in [2.05, 4.69) is 5.32 Å². The van der Waals surface area contributed by atoms with Crippen LogP contribution >= 0.6 is 0 Å². The molecule has 5 heteroatoms. The van der Waals surface area contributed by atoms with Crippen molar-refractivity contribution in [1.29, 1.82) is 0 Å². The normalized spacial score (nSPS) is 21.2. The van der Waals surface area contributed by atoms with Gasteiger partial charge in [-0.25, -0.2) is 8.78 Å². The van der Waals surface area contributed by atoms with Gasteiger partial charge in [-0.3, -0.25) is 4.79 Å². The number of morpholine rings is 1. The summed E-state index contributed by atoms with van der Waals surface area (Å²) in [6, 6.07) is 3.29. The van der Waals surface area contributed by atoms with Gasteiger partial charge in [-0.05, 0) is 6.07 Å². The average Bonchev–Trinajstić information content (AvgIpc) is 2.20. The fourth-order valence-electron chi connectivity index (χ4n) is 1.46. The van der Waals surface area contributed by atoms with E-state index in [0.29, 0.717) is 0 Å². The van der Waals surface area contributed by atoms with Gasteiger partial charge in [0.15, 0.2) is 0 Å². The highest BCUT2D eigenvalue weighted by molar-refractivity contribution is 5.77. The summed E-state index contributed by atoms with van der Waals surface area (Å²) in [7, 11) is 0. The number of benzene rings is 1. The molecular formula is C10H9F2NO2. The summed E-state index contributed by atoms with van der Waals surface area (Å²) in [6.07, 6.45) is -0.539. The minimum absolute atomic E-state index is 0.0958. The predicted octanol–water partition coefficient (Wildman–Crippen LogP) is 1.15. The summed E-state index contributed by atoms with van der Waals surface area (Å²) in [6.45, 7) is 0.114. The van der Waals surface area contributed by atoms with Crippen molar-refractivity contribution in [3.05, 3.63) is 35.4 Å². The van der Waals surface area contributed by atoms with Crippen LogP contribution in [0.25, 0.3) is 0 Å². The van der Waals surface area contributed by atoms with E-state index >= 15 is 0 Å². The Morgan fingerprint density at radius 2 is 2.20 bits per heavy atom. The third-order valence-corrected chi connectivity index (χ3v) is 2.21. The van der Waals surface area contributed by atoms with Crippen molar-refractivity contribution in [2.75, 3.05) is 13.2 Å². The van der Waals surface area contributed by atoms with Crippen LogP contribution in [0.3, 0.4) is 0 Å². The number of halogens is 2. The molecule has 1 heterocycles. The summed E-state index contributed by atoms with van der Waals surface area (Å²) >= 11 is 0. The van der Waals surface area contributed by atoms with Crippen molar-refractivity contribution in [2.45, 2.75) is 6.10 Å². The minimum Gasteiger partial charge on any atom is -0.362 e. The van der Waals surface area contributed by atoms with Crippen LogP contribution in [0.15, 0.2) is 18.2 Å². The smallest absolute Gasteiger partial charge is 0.246 e. The monoisotopic (exact) mass is 213 g/mol. The maximum atomic E-state index is 13.3. The van der Waals surface area contributed by atoms with Crippen molar-refractivity contribution < 1.29 is 18.3 Å². The molecule has 3 nitrogen and oxygen atoms in total. The Morgan fingerprint density at radius 1 is 1.40 bits per heavy atom. The number of hydrogen-bond donors (Lipinski definition) is 1. The molecule has 1 aromatic rings. The summed E-state index contributed by atoms with van der Waals surface area (Å²) in [4.78, 5) is 10.8. The number of rotatable bonds is 1. The highest BCUT2D eigenvalue weighted by Crippen LogP contribution is 2.22. The molecule has 0 aliphatic carbocycles. The molecule has 1 atom stereocenters. The first-order chi connectivity index (χ1) is 7.16. The Morgan fingerprint density at radius 3 is 2.80 bits per heavy atom. The van der Waals surface area contributed by atoms with Gasteiger partial charge in [0.2, 0.25) is 5.91 Å². The SMILES string of the molecule is O=C1COC(c2ccc(F)cc2F)CN1. The van der Waals surface area contributed by atoms with Gasteiger partial charge in [-0.2, -0.15) is 0 Å². The minimum atomic E-state index is -0.656. The lowest BCUT2D eigenvalue weighted by molar-refractivity contribution is -0.133. The number of nitrogens with one attached hydrogen (secondary N) is 1. The van der Waals surface area contributed by atoms with E-state index in [0.717, 1.165) is 12.1 Å². The second-order valence-corrected chi connectivity index (χ2v) is 3.27. The van der Waals surface area contributed by atoms with Crippen LogP contribution in [0.2, 0.25) is 0 Å². The molecule has 1 N–H and O–H groups in total. The molecule has 1 aliphatic rings. The summed E-state index contributed by atoms with van der Waals surface area (Å²) < 4.78 is 31.0. The van der Waals surface area contributed by atoms with E-state index in [4.69, 9.17) is 4.74 Å². The van der Waals surface area contributed by atoms with E-state index in [1.54, 1.807) is 0 Å². The molecule has 1 fully saturated rings. The third-order valence-electron chi connectivity index (χ3n) is 2.21. The zero-order valence-electron chi connectivity index (χ0n) is 7.80. The van der Waals surface area contributed by atoms with Crippen LogP contribution < -0.4 is 5.32 Å². The van der Waals surface area contributed by atoms with Crippen molar-refractivity contribution in [3.63, 3.8) is 0 Å². The highest BCUT2D eigenvalue weighted by atomic mass is 19.1. The summed E-state index contributed by atoms with van der Waals surface area (Å²) in [5.74, 6) is -1.51. The molecule has 1 saturated heterocycles. The summed E-state index contributed by atoms with van der Waals surface area (Å²) in [5.41, 5.74) is 0.261. The van der Waals surface area contributed by atoms with Crippen LogP contribution in [0.1, 0.15) is 11.7 Å². The Bertz CT molecular complexity index is 385. The molecular weight excluding hydrogens is 204 g/mol. The fraction of sp³-hybridized carbons (Fsp3) is 0.300. The molecule has 0 radical (unpaired) electrons. The second-order valence-electron chi connectivity index (χ2n) is 3.27. The molecule has 0 saturated carbocycles. The van der Waals surface area contributed by atoms with Crippen molar-refractivity contribution in [2.24, 2.45) is 0 Å². The quantitative estimate of drug-likeness (QED) is 0.760. The number of hydrogen-bond acceptors (Lipinski definition) is 2. The van der Waals surface area contributed by atoms with Crippen molar-refractivity contribution in [3.8, 4) is 0 Å². The third kappa shape index (κ3) is 2.12. The van der Waals surface area contributed by atoms with E-state index in [1.165, 1.54) is 6.07 Å². The number of carbonyl (C=O) groups is 1. The maximum absolute atomic E-state index is 13.3. The topological polar surface area (TPSA) is 38.3 Å². The standard InChI is InChI=1S/C10H9F2NO2/c11-6-1-2-7(8(12)3-6)9-4-13-10(14)5-15-9/h1-3,9H,4-5H2,(H,13,14). The Kier molecular flexibility index (Phi) is 2.64. The Hall–Kier alpha value is -1.49. The van der Waals surface area contributed by atoms with Crippen LogP contribution in [0, 0.1) is 11.6 Å². The van der Waals surface area contributed by atoms with Gasteiger partial charge in [-0.15, -0.1) is 0 Å². The van der Waals surface area contributed by atoms with Gasteiger partial charge in [0, 0.05) is 18.2 Å². The van der Waals surface area contributed by atoms with Gasteiger partial charge in [-0.1, -0.05) is 6.07 Å². The van der Waals surface area contributed by atoms with Gasteiger partial charge < -0.3 is 10.1 Å². The molecule has 0 bridgehead atoms. The first-order valence-electron chi connectivity index (χ1n) is 4.50. The zero-order valence-corrected chi connectivity index (χ0v) is 7.80. The highest BCUT2D eigenvalue weighted by Gasteiger charge is 2.22. The second kappa shape index (κ2) is 3.94. The molecule has 0 aromatic heterocycles. The van der Waals surface area contributed by atoms with E-state index < -0.39 is 17.7 Å². The average molecular weight is 213 g/mol. The first kappa shape index (κ1) is 10.0. The lowest BCUT2D eigenvalue weighted by Gasteiger charge is -2.23. The molecule has 2 rings (SSSR count). The Labute approximate surface area is 85.0 Å². The summed E-state index contributed by atoms with van der Waals surface area (Å²) in [5, 5.41) is 2.55. The number of carbonyl (C=O) groups excluding carboxylic acids is 1. The van der Waals surface area contributed by atoms with Gasteiger partial charge in [0.25, 0.3) is 0 Å². The van der Waals surface area contributed by atoms with Gasteiger partial charge in [0.05, 0.1) is 0 Å². The molecule has 1 amide bonds. The fourth-order valence-corrected chi connectivity index (χ4v) is 1.46. The largest absolute Gasteiger partial charge is 0.362 e. The lowest BCUT2D eigenvalue weighted by atomic mass is 10.1. The molecule has 1 unspecified atom stereocenters. The van der Waals surface area contributed by atoms with Crippen molar-refractivity contribution >= 4 is 5.91 Å². The first-order valence-corrected chi connectivity index (χ1v) is 4.50. The zero-order chi connectivity index (χ0) is 10.8. The number of amides is 1. The van der Waals surface area contributed by atoms with E-state index in [1.807, 2.05) is 0 Å². The molecule has 1 aromatic carbocycles. The molecule has 15 heavy (non-hydrogen) atoms. The van der Waals surface area contributed by atoms with Crippen LogP contribution in [0.5, 0.6) is 0 Å². The molecule has 0 spiro atoms. The van der Waals surface area contributed by atoms with Crippen molar-refractivity contribution in [1.82, 2.24) is 5.32 Å². The maximum Gasteiger partial charge on any atom is 0.246 e. The molecule has 80 valence electrons. The van der Waals surface area contributed by atoms with Gasteiger partial charge in [0.1, 0.15) is 24.3 Å².